The Hall–Kier alpha value is -2.80. The van der Waals surface area contributed by atoms with Crippen LogP contribution in [-0.2, 0) is 23.0 Å². The minimum Gasteiger partial charge on any atom is -0.367 e. The van der Waals surface area contributed by atoms with Crippen LogP contribution in [0.4, 0.5) is 11.4 Å². The number of fused-ring (bicyclic) bond motifs is 1. The van der Waals surface area contributed by atoms with Gasteiger partial charge in [0.1, 0.15) is 4.90 Å². The number of aryl methyl sites for hydroxylation is 2. The van der Waals surface area contributed by atoms with E-state index in [1.807, 2.05) is 12.1 Å². The molecule has 0 unspecified atom stereocenters. The Balaban J connectivity index is 1.52. The van der Waals surface area contributed by atoms with Crippen LogP contribution in [0.2, 0.25) is 0 Å². The van der Waals surface area contributed by atoms with E-state index >= 15 is 0 Å². The van der Waals surface area contributed by atoms with E-state index in [0.29, 0.717) is 17.1 Å². The summed E-state index contributed by atoms with van der Waals surface area (Å²) in [6.45, 7) is 5.20. The highest BCUT2D eigenvalue weighted by Crippen LogP contribution is 2.27. The van der Waals surface area contributed by atoms with Crippen LogP contribution < -0.4 is 9.62 Å². The smallest absolute Gasteiger partial charge is 0.265 e. The Morgan fingerprint density at radius 2 is 1.74 bits per heavy atom. The molecule has 0 spiro atoms. The van der Waals surface area contributed by atoms with Gasteiger partial charge in [-0.05, 0) is 55.7 Å². The van der Waals surface area contributed by atoms with Crippen molar-refractivity contribution in [2.45, 2.75) is 31.7 Å². The Morgan fingerprint density at radius 1 is 1.04 bits per heavy atom. The summed E-state index contributed by atoms with van der Waals surface area (Å²) in [7, 11) is -3.67. The highest BCUT2D eigenvalue weighted by Gasteiger charge is 2.22. The number of nitrogens with zero attached hydrogens (tertiary/aromatic N) is 2. The van der Waals surface area contributed by atoms with Crippen molar-refractivity contribution >= 4 is 21.4 Å². The number of anilines is 2. The summed E-state index contributed by atoms with van der Waals surface area (Å²) >= 11 is 0. The van der Waals surface area contributed by atoms with Gasteiger partial charge in [0.25, 0.3) is 10.0 Å². The molecule has 7 heteroatoms. The maximum absolute atomic E-state index is 12.6. The lowest BCUT2D eigenvalue weighted by atomic mass is 9.99. The van der Waals surface area contributed by atoms with Gasteiger partial charge in [0.15, 0.2) is 0 Å². The zero-order valence-corrected chi connectivity index (χ0v) is 16.2. The number of hydrogen-bond acceptors (Lipinski definition) is 4. The number of aromatic amines is 1. The molecule has 140 valence electrons. The number of aromatic nitrogens is 2. The maximum atomic E-state index is 12.6. The van der Waals surface area contributed by atoms with Gasteiger partial charge in [-0.1, -0.05) is 24.3 Å². The number of hydrogen-bond donors (Lipinski definition) is 2. The molecule has 2 N–H and O–H groups in total. The number of benzene rings is 2. The third-order valence-corrected chi connectivity index (χ3v) is 6.59. The fourth-order valence-corrected chi connectivity index (χ4v) is 5.03. The van der Waals surface area contributed by atoms with Crippen molar-refractivity contribution in [1.29, 1.82) is 0 Å². The van der Waals surface area contributed by atoms with Crippen LogP contribution in [0.15, 0.2) is 53.4 Å². The van der Waals surface area contributed by atoms with E-state index < -0.39 is 10.0 Å². The van der Waals surface area contributed by atoms with E-state index in [2.05, 4.69) is 44.1 Å². The Labute approximate surface area is 159 Å². The van der Waals surface area contributed by atoms with Gasteiger partial charge in [-0.2, -0.15) is 5.10 Å². The van der Waals surface area contributed by atoms with Crippen LogP contribution in [0.1, 0.15) is 22.5 Å². The first-order valence-electron chi connectivity index (χ1n) is 8.90. The van der Waals surface area contributed by atoms with Gasteiger partial charge in [-0.15, -0.1) is 0 Å². The van der Waals surface area contributed by atoms with Crippen molar-refractivity contribution in [1.82, 2.24) is 10.2 Å². The molecule has 1 aromatic heterocycles. The van der Waals surface area contributed by atoms with Gasteiger partial charge in [0, 0.05) is 24.5 Å². The highest BCUT2D eigenvalue weighted by molar-refractivity contribution is 7.92. The second-order valence-corrected chi connectivity index (χ2v) is 8.48. The van der Waals surface area contributed by atoms with Crippen LogP contribution in [0, 0.1) is 13.8 Å². The molecule has 2 heterocycles. The lowest BCUT2D eigenvalue weighted by molar-refractivity contribution is 0.600. The second kappa shape index (κ2) is 6.74. The lowest BCUT2D eigenvalue weighted by Crippen LogP contribution is -2.30. The molecule has 6 nitrogen and oxygen atoms in total. The molecule has 0 saturated heterocycles. The minimum atomic E-state index is -3.67. The minimum absolute atomic E-state index is 0.208. The first-order valence-corrected chi connectivity index (χ1v) is 10.4. The molecule has 0 bridgehead atoms. The molecular formula is C20H22N4O2S. The van der Waals surface area contributed by atoms with Crippen LogP contribution in [0.3, 0.4) is 0 Å². The van der Waals surface area contributed by atoms with Crippen molar-refractivity contribution in [2.75, 3.05) is 16.2 Å². The molecule has 0 amide bonds. The van der Waals surface area contributed by atoms with E-state index in [9.17, 15) is 8.42 Å². The number of nitrogens with one attached hydrogen (secondary N) is 2. The Morgan fingerprint density at radius 3 is 2.41 bits per heavy atom. The average Bonchev–Trinajstić information content (AvgIpc) is 3.01. The van der Waals surface area contributed by atoms with E-state index in [1.54, 1.807) is 26.0 Å². The number of sulfonamides is 1. The van der Waals surface area contributed by atoms with Crippen molar-refractivity contribution in [2.24, 2.45) is 0 Å². The van der Waals surface area contributed by atoms with E-state index in [0.717, 1.165) is 25.2 Å². The van der Waals surface area contributed by atoms with E-state index in [4.69, 9.17) is 0 Å². The molecule has 3 aromatic rings. The molecule has 27 heavy (non-hydrogen) atoms. The second-order valence-electron chi connectivity index (χ2n) is 6.86. The summed E-state index contributed by atoms with van der Waals surface area (Å²) in [5.41, 5.74) is 5.37. The third-order valence-electron chi connectivity index (χ3n) is 4.94. The SMILES string of the molecule is Cc1n[nH]c(C)c1S(=O)(=O)Nc1ccc(N2CCc3ccccc3C2)cc1. The van der Waals surface area contributed by atoms with Crippen molar-refractivity contribution in [3.8, 4) is 0 Å². The summed E-state index contributed by atoms with van der Waals surface area (Å²) in [6.07, 6.45) is 1.02. The van der Waals surface area contributed by atoms with Crippen LogP contribution in [0.5, 0.6) is 0 Å². The normalized spacial score (nSPS) is 14.1. The predicted molar refractivity (Wildman–Crippen MR) is 107 cm³/mol. The molecule has 0 fully saturated rings. The molecule has 1 aliphatic heterocycles. The fraction of sp³-hybridized carbons (Fsp3) is 0.250. The molecule has 0 aliphatic carbocycles. The summed E-state index contributed by atoms with van der Waals surface area (Å²) in [6, 6.07) is 16.0. The third kappa shape index (κ3) is 3.42. The van der Waals surface area contributed by atoms with Crippen LogP contribution in [-0.4, -0.2) is 25.2 Å². The standard InChI is InChI=1S/C20H22N4O2S/c1-14-20(15(2)22-21-14)27(25,26)23-18-7-9-19(10-8-18)24-12-11-16-5-3-4-6-17(16)13-24/h3-10,23H,11-13H2,1-2H3,(H,21,22). The quantitative estimate of drug-likeness (QED) is 0.725. The van der Waals surface area contributed by atoms with E-state index in [1.165, 1.54) is 11.1 Å². The zero-order chi connectivity index (χ0) is 19.0. The predicted octanol–water partition coefficient (Wildman–Crippen LogP) is 3.39. The van der Waals surface area contributed by atoms with Crippen LogP contribution >= 0.6 is 0 Å². The van der Waals surface area contributed by atoms with Gasteiger partial charge in [0.2, 0.25) is 0 Å². The first kappa shape index (κ1) is 17.6. The van der Waals surface area contributed by atoms with Gasteiger partial charge < -0.3 is 4.90 Å². The summed E-state index contributed by atoms with van der Waals surface area (Å²) in [4.78, 5) is 2.52. The largest absolute Gasteiger partial charge is 0.367 e. The zero-order valence-electron chi connectivity index (χ0n) is 15.4. The van der Waals surface area contributed by atoms with Crippen molar-refractivity contribution < 1.29 is 8.42 Å². The van der Waals surface area contributed by atoms with Gasteiger partial charge >= 0.3 is 0 Å². The fourth-order valence-electron chi connectivity index (χ4n) is 3.60. The van der Waals surface area contributed by atoms with Crippen LogP contribution in [0.25, 0.3) is 0 Å². The molecule has 2 aromatic carbocycles. The number of rotatable bonds is 4. The topological polar surface area (TPSA) is 78.1 Å². The molecule has 0 radical (unpaired) electrons. The van der Waals surface area contributed by atoms with Gasteiger partial charge in [-0.3, -0.25) is 9.82 Å². The summed E-state index contributed by atoms with van der Waals surface area (Å²) in [5.74, 6) is 0. The van der Waals surface area contributed by atoms with Gasteiger partial charge in [-0.25, -0.2) is 8.42 Å². The van der Waals surface area contributed by atoms with Crippen molar-refractivity contribution in [3.05, 3.63) is 71.0 Å². The molecular weight excluding hydrogens is 360 g/mol. The average molecular weight is 382 g/mol. The molecule has 0 saturated carbocycles. The Kier molecular flexibility index (Phi) is 4.39. The lowest BCUT2D eigenvalue weighted by Gasteiger charge is -2.30. The maximum Gasteiger partial charge on any atom is 0.265 e. The first-order chi connectivity index (χ1) is 12.9. The van der Waals surface area contributed by atoms with Gasteiger partial charge in [0.05, 0.1) is 11.4 Å². The summed E-state index contributed by atoms with van der Waals surface area (Å²) in [5, 5.41) is 6.68. The Bertz CT molecular complexity index is 1050. The monoisotopic (exact) mass is 382 g/mol. The summed E-state index contributed by atoms with van der Waals surface area (Å²) < 4.78 is 27.9. The van der Waals surface area contributed by atoms with E-state index in [-0.39, 0.29) is 4.90 Å². The molecule has 0 atom stereocenters. The number of H-pyrrole nitrogens is 1. The highest BCUT2D eigenvalue weighted by atomic mass is 32.2. The molecule has 4 rings (SSSR count). The molecule has 1 aliphatic rings. The van der Waals surface area contributed by atoms with Crippen molar-refractivity contribution in [3.63, 3.8) is 0 Å².